The van der Waals surface area contributed by atoms with Crippen LogP contribution in [0.15, 0.2) is 24.3 Å². The Balaban J connectivity index is 1.56. The monoisotopic (exact) mass is 318 g/mol. The number of hydrogen-bond acceptors (Lipinski definition) is 3. The van der Waals surface area contributed by atoms with Crippen molar-refractivity contribution in [1.82, 2.24) is 10.2 Å². The number of amides is 1. The van der Waals surface area contributed by atoms with Gasteiger partial charge in [0.05, 0.1) is 7.11 Å². The van der Waals surface area contributed by atoms with Crippen molar-refractivity contribution in [3.8, 4) is 5.75 Å². The van der Waals surface area contributed by atoms with E-state index in [1.165, 1.54) is 31.5 Å². The molecule has 4 heteroatoms. The van der Waals surface area contributed by atoms with E-state index in [2.05, 4.69) is 17.1 Å². The molecule has 0 radical (unpaired) electrons. The number of rotatable bonds is 8. The maximum atomic E-state index is 11.9. The van der Waals surface area contributed by atoms with Crippen LogP contribution in [0.1, 0.15) is 38.2 Å². The topological polar surface area (TPSA) is 41.6 Å². The summed E-state index contributed by atoms with van der Waals surface area (Å²) in [5, 5.41) is 3.04. The number of likely N-dealkylation sites (tertiary alicyclic amines) is 1. The predicted octanol–water partition coefficient (Wildman–Crippen LogP) is 2.87. The molecular formula is C19H30N2O2. The second kappa shape index (κ2) is 9.56. The fourth-order valence-electron chi connectivity index (χ4n) is 3.16. The van der Waals surface area contributed by atoms with Crippen LogP contribution < -0.4 is 10.1 Å². The number of nitrogens with zero attached hydrogens (tertiary/aromatic N) is 1. The van der Waals surface area contributed by atoms with Gasteiger partial charge in [-0.15, -0.1) is 0 Å². The van der Waals surface area contributed by atoms with Crippen LogP contribution in [-0.2, 0) is 11.2 Å². The van der Waals surface area contributed by atoms with Crippen LogP contribution >= 0.6 is 0 Å². The minimum Gasteiger partial charge on any atom is -0.497 e. The van der Waals surface area contributed by atoms with Gasteiger partial charge in [-0.2, -0.15) is 0 Å². The van der Waals surface area contributed by atoms with E-state index in [-0.39, 0.29) is 5.91 Å². The van der Waals surface area contributed by atoms with Gasteiger partial charge in [0, 0.05) is 19.5 Å². The van der Waals surface area contributed by atoms with Gasteiger partial charge in [-0.3, -0.25) is 4.79 Å². The standard InChI is InChI=1S/C19H30N2O2/c1-16-5-3-13-21(15-16)14-4-12-20-19(22)11-8-17-6-9-18(23-2)10-7-17/h6-7,9-10,16H,3-5,8,11-15H2,1-2H3,(H,20,22)/t16-/m0/s1. The highest BCUT2D eigenvalue weighted by molar-refractivity contribution is 5.76. The molecule has 0 aliphatic carbocycles. The quantitative estimate of drug-likeness (QED) is 0.749. The van der Waals surface area contributed by atoms with Gasteiger partial charge in [-0.25, -0.2) is 0 Å². The van der Waals surface area contributed by atoms with Crippen molar-refractivity contribution in [2.75, 3.05) is 33.3 Å². The molecule has 0 unspecified atom stereocenters. The average Bonchev–Trinajstić information content (AvgIpc) is 2.57. The Labute approximate surface area is 140 Å². The van der Waals surface area contributed by atoms with E-state index in [0.717, 1.165) is 37.6 Å². The molecule has 1 amide bonds. The van der Waals surface area contributed by atoms with Crippen molar-refractivity contribution in [2.45, 2.75) is 39.0 Å². The predicted molar refractivity (Wildman–Crippen MR) is 93.8 cm³/mol. The number of carbonyl (C=O) groups is 1. The molecule has 1 atom stereocenters. The van der Waals surface area contributed by atoms with Crippen molar-refractivity contribution < 1.29 is 9.53 Å². The van der Waals surface area contributed by atoms with Gasteiger partial charge >= 0.3 is 0 Å². The molecule has 1 aromatic carbocycles. The van der Waals surface area contributed by atoms with Gasteiger partial charge in [-0.05, 0) is 62.4 Å². The molecule has 1 fully saturated rings. The number of aryl methyl sites for hydroxylation is 1. The Kier molecular flexibility index (Phi) is 7.40. The van der Waals surface area contributed by atoms with E-state index >= 15 is 0 Å². The van der Waals surface area contributed by atoms with Crippen LogP contribution in [0, 0.1) is 5.92 Å². The molecule has 23 heavy (non-hydrogen) atoms. The SMILES string of the molecule is COc1ccc(CCC(=O)NCCCN2CCC[C@H](C)C2)cc1. The van der Waals surface area contributed by atoms with Gasteiger partial charge < -0.3 is 15.0 Å². The molecule has 1 aromatic rings. The zero-order valence-electron chi connectivity index (χ0n) is 14.5. The molecule has 1 heterocycles. The first-order chi connectivity index (χ1) is 11.2. The van der Waals surface area contributed by atoms with E-state index in [4.69, 9.17) is 4.74 Å². The summed E-state index contributed by atoms with van der Waals surface area (Å²) in [6, 6.07) is 7.91. The average molecular weight is 318 g/mol. The van der Waals surface area contributed by atoms with Crippen molar-refractivity contribution in [2.24, 2.45) is 5.92 Å². The second-order valence-corrected chi connectivity index (χ2v) is 6.60. The number of piperidine rings is 1. The minimum atomic E-state index is 0.146. The Morgan fingerprint density at radius 1 is 1.35 bits per heavy atom. The largest absolute Gasteiger partial charge is 0.497 e. The molecule has 1 aliphatic rings. The first-order valence-electron chi connectivity index (χ1n) is 8.79. The third-order valence-electron chi connectivity index (χ3n) is 4.51. The van der Waals surface area contributed by atoms with Crippen LogP contribution in [0.4, 0.5) is 0 Å². The molecule has 0 spiro atoms. The normalized spacial score (nSPS) is 18.6. The number of benzene rings is 1. The molecule has 0 bridgehead atoms. The Morgan fingerprint density at radius 2 is 2.13 bits per heavy atom. The Morgan fingerprint density at radius 3 is 2.83 bits per heavy atom. The van der Waals surface area contributed by atoms with Gasteiger partial charge in [0.1, 0.15) is 5.75 Å². The number of nitrogens with one attached hydrogen (secondary N) is 1. The number of hydrogen-bond donors (Lipinski definition) is 1. The lowest BCUT2D eigenvalue weighted by Crippen LogP contribution is -2.36. The summed E-state index contributed by atoms with van der Waals surface area (Å²) in [4.78, 5) is 14.4. The van der Waals surface area contributed by atoms with Crippen LogP contribution in [0.5, 0.6) is 5.75 Å². The van der Waals surface area contributed by atoms with Crippen LogP contribution in [0.3, 0.4) is 0 Å². The van der Waals surface area contributed by atoms with Gasteiger partial charge in [-0.1, -0.05) is 19.1 Å². The van der Waals surface area contributed by atoms with Crippen LogP contribution in [0.2, 0.25) is 0 Å². The van der Waals surface area contributed by atoms with Gasteiger partial charge in [0.25, 0.3) is 0 Å². The third kappa shape index (κ3) is 6.61. The Bertz CT molecular complexity index is 473. The molecule has 2 rings (SSSR count). The summed E-state index contributed by atoms with van der Waals surface area (Å²) in [6.45, 7) is 6.64. The maximum Gasteiger partial charge on any atom is 0.220 e. The molecule has 1 saturated heterocycles. The van der Waals surface area contributed by atoms with Gasteiger partial charge in [0.15, 0.2) is 0 Å². The van der Waals surface area contributed by atoms with Crippen molar-refractivity contribution >= 4 is 5.91 Å². The summed E-state index contributed by atoms with van der Waals surface area (Å²) < 4.78 is 5.13. The fraction of sp³-hybridized carbons (Fsp3) is 0.632. The van der Waals surface area contributed by atoms with E-state index < -0.39 is 0 Å². The summed E-state index contributed by atoms with van der Waals surface area (Å²) in [5.74, 6) is 1.82. The highest BCUT2D eigenvalue weighted by atomic mass is 16.5. The van der Waals surface area contributed by atoms with Crippen molar-refractivity contribution in [1.29, 1.82) is 0 Å². The van der Waals surface area contributed by atoms with Crippen molar-refractivity contribution in [3.63, 3.8) is 0 Å². The van der Waals surface area contributed by atoms with Crippen LogP contribution in [-0.4, -0.2) is 44.1 Å². The first-order valence-corrected chi connectivity index (χ1v) is 8.79. The number of methoxy groups -OCH3 is 1. The lowest BCUT2D eigenvalue weighted by Gasteiger charge is -2.30. The number of ether oxygens (including phenoxy) is 1. The Hall–Kier alpha value is -1.55. The van der Waals surface area contributed by atoms with E-state index in [9.17, 15) is 4.79 Å². The molecular weight excluding hydrogens is 288 g/mol. The smallest absolute Gasteiger partial charge is 0.220 e. The fourth-order valence-corrected chi connectivity index (χ4v) is 3.16. The highest BCUT2D eigenvalue weighted by Crippen LogP contribution is 2.15. The summed E-state index contributed by atoms with van der Waals surface area (Å²) in [6.07, 6.45) is 5.04. The molecule has 0 aromatic heterocycles. The zero-order chi connectivity index (χ0) is 16.5. The minimum absolute atomic E-state index is 0.146. The summed E-state index contributed by atoms with van der Waals surface area (Å²) in [7, 11) is 1.66. The molecule has 128 valence electrons. The van der Waals surface area contributed by atoms with Crippen LogP contribution in [0.25, 0.3) is 0 Å². The molecule has 1 aliphatic heterocycles. The van der Waals surface area contributed by atoms with E-state index in [0.29, 0.717) is 6.42 Å². The molecule has 4 nitrogen and oxygen atoms in total. The summed E-state index contributed by atoms with van der Waals surface area (Å²) >= 11 is 0. The van der Waals surface area contributed by atoms with E-state index in [1.54, 1.807) is 7.11 Å². The third-order valence-corrected chi connectivity index (χ3v) is 4.51. The lowest BCUT2D eigenvalue weighted by molar-refractivity contribution is -0.121. The molecule has 1 N–H and O–H groups in total. The van der Waals surface area contributed by atoms with Crippen molar-refractivity contribution in [3.05, 3.63) is 29.8 Å². The summed E-state index contributed by atoms with van der Waals surface area (Å²) in [5.41, 5.74) is 1.17. The van der Waals surface area contributed by atoms with Gasteiger partial charge in [0.2, 0.25) is 5.91 Å². The lowest BCUT2D eigenvalue weighted by atomic mass is 10.0. The first kappa shape index (κ1) is 17.8. The highest BCUT2D eigenvalue weighted by Gasteiger charge is 2.15. The number of carbonyl (C=O) groups excluding carboxylic acids is 1. The zero-order valence-corrected chi connectivity index (χ0v) is 14.5. The van der Waals surface area contributed by atoms with E-state index in [1.807, 2.05) is 24.3 Å². The molecule has 0 saturated carbocycles. The maximum absolute atomic E-state index is 11.9. The second-order valence-electron chi connectivity index (χ2n) is 6.60.